The van der Waals surface area contributed by atoms with Gasteiger partial charge in [-0.05, 0) is 55.5 Å². The number of hydrogen-bond acceptors (Lipinski definition) is 6. The highest BCUT2D eigenvalue weighted by atomic mass is 32.2. The molecule has 0 aliphatic carbocycles. The third-order valence-corrected chi connectivity index (χ3v) is 7.59. The number of anilines is 2. The maximum absolute atomic E-state index is 13.4. The average Bonchev–Trinajstić information content (AvgIpc) is 3.49. The number of amides is 1. The van der Waals surface area contributed by atoms with Crippen molar-refractivity contribution in [2.24, 2.45) is 0 Å². The second-order valence-electron chi connectivity index (χ2n) is 8.28. The number of nitrogens with one attached hydrogen (secondary N) is 2. The van der Waals surface area contributed by atoms with Gasteiger partial charge in [-0.15, -0.1) is 16.4 Å². The van der Waals surface area contributed by atoms with Crippen LogP contribution in [0.3, 0.4) is 0 Å². The van der Waals surface area contributed by atoms with Crippen LogP contribution < -0.4 is 10.6 Å². The zero-order chi connectivity index (χ0) is 23.7. The highest BCUT2D eigenvalue weighted by molar-refractivity contribution is 7.98. The van der Waals surface area contributed by atoms with Crippen molar-refractivity contribution in [3.05, 3.63) is 98.9 Å². The normalized spacial score (nSPS) is 15.1. The van der Waals surface area contributed by atoms with Crippen molar-refractivity contribution >= 4 is 40.6 Å². The Bertz CT molecular complexity index is 1360. The van der Waals surface area contributed by atoms with Crippen LogP contribution in [0.4, 0.5) is 11.6 Å². The molecule has 8 heteroatoms. The number of benzene rings is 2. The highest BCUT2D eigenvalue weighted by Crippen LogP contribution is 2.38. The maximum Gasteiger partial charge on any atom is 0.255 e. The lowest BCUT2D eigenvalue weighted by Gasteiger charge is -2.27. The maximum atomic E-state index is 13.4. The van der Waals surface area contributed by atoms with Crippen molar-refractivity contribution < 1.29 is 4.79 Å². The Kier molecular flexibility index (Phi) is 6.26. The van der Waals surface area contributed by atoms with Gasteiger partial charge in [0.15, 0.2) is 0 Å². The van der Waals surface area contributed by atoms with Gasteiger partial charge in [-0.25, -0.2) is 4.68 Å². The van der Waals surface area contributed by atoms with E-state index in [0.29, 0.717) is 16.7 Å². The topological polar surface area (TPSA) is 71.8 Å². The van der Waals surface area contributed by atoms with Crippen molar-refractivity contribution in [3.63, 3.8) is 0 Å². The van der Waals surface area contributed by atoms with Crippen LogP contribution in [0.5, 0.6) is 0 Å². The van der Waals surface area contributed by atoms with E-state index in [9.17, 15) is 4.79 Å². The van der Waals surface area contributed by atoms with E-state index >= 15 is 0 Å². The molecule has 1 amide bonds. The first kappa shape index (κ1) is 22.4. The molecule has 1 aliphatic rings. The molecule has 2 aromatic heterocycles. The third-order valence-electron chi connectivity index (χ3n) is 5.78. The van der Waals surface area contributed by atoms with Gasteiger partial charge in [-0.3, -0.25) is 4.79 Å². The Morgan fingerprint density at radius 2 is 1.94 bits per heavy atom. The zero-order valence-corrected chi connectivity index (χ0v) is 20.8. The summed E-state index contributed by atoms with van der Waals surface area (Å²) in [6.45, 7) is 6.15. The van der Waals surface area contributed by atoms with Crippen molar-refractivity contribution in [1.82, 2.24) is 14.8 Å². The molecule has 6 nitrogen and oxygen atoms in total. The third kappa shape index (κ3) is 4.51. The van der Waals surface area contributed by atoms with E-state index in [1.807, 2.05) is 59.5 Å². The van der Waals surface area contributed by atoms with E-state index in [-0.39, 0.29) is 11.9 Å². The number of thiophene rings is 1. The van der Waals surface area contributed by atoms with Crippen LogP contribution in [0, 0.1) is 13.8 Å². The summed E-state index contributed by atoms with van der Waals surface area (Å²) in [5.74, 6) is 1.28. The number of carbonyl (C=O) groups is 1. The molecule has 3 heterocycles. The number of rotatable bonds is 6. The second-order valence-corrected chi connectivity index (χ2v) is 10.2. The predicted octanol–water partition coefficient (Wildman–Crippen LogP) is 6.18. The fraction of sp³-hybridized carbons (Fsp3) is 0.192. The molecule has 0 bridgehead atoms. The number of hydrogen-bond donors (Lipinski definition) is 2. The van der Waals surface area contributed by atoms with Crippen molar-refractivity contribution in [2.45, 2.75) is 37.7 Å². The summed E-state index contributed by atoms with van der Waals surface area (Å²) in [5, 5.41) is 13.9. The number of aryl methyl sites for hydroxylation is 2. The Morgan fingerprint density at radius 3 is 2.71 bits per heavy atom. The van der Waals surface area contributed by atoms with Gasteiger partial charge in [0.1, 0.15) is 6.04 Å². The molecule has 0 unspecified atom stereocenters. The number of aromatic nitrogens is 3. The van der Waals surface area contributed by atoms with Gasteiger partial charge < -0.3 is 10.6 Å². The Balaban J connectivity index is 1.45. The van der Waals surface area contributed by atoms with Crippen LogP contribution in [0.2, 0.25) is 0 Å². The van der Waals surface area contributed by atoms with Gasteiger partial charge in [-0.2, -0.15) is 4.98 Å². The lowest BCUT2D eigenvalue weighted by molar-refractivity contribution is -0.113. The number of fused-ring (bicyclic) bond motifs is 1. The molecule has 1 atom stereocenters. The number of thioether (sulfide) groups is 1. The number of para-hydroxylation sites is 1. The first-order chi connectivity index (χ1) is 16.5. The molecule has 34 heavy (non-hydrogen) atoms. The minimum absolute atomic E-state index is 0.152. The summed E-state index contributed by atoms with van der Waals surface area (Å²) < 4.78 is 1.84. The molecule has 0 fully saturated rings. The van der Waals surface area contributed by atoms with E-state index in [0.717, 1.165) is 22.0 Å². The van der Waals surface area contributed by atoms with Gasteiger partial charge in [0.05, 0.1) is 5.57 Å². The fourth-order valence-corrected chi connectivity index (χ4v) is 5.72. The van der Waals surface area contributed by atoms with Crippen LogP contribution in [-0.4, -0.2) is 20.7 Å². The summed E-state index contributed by atoms with van der Waals surface area (Å²) in [6.07, 6.45) is 0. The lowest BCUT2D eigenvalue weighted by atomic mass is 10.0. The molecule has 0 spiro atoms. The molecule has 4 aromatic rings. The van der Waals surface area contributed by atoms with E-state index in [1.165, 1.54) is 16.7 Å². The number of nitrogens with zero attached hydrogens (tertiary/aromatic N) is 3. The molecular weight excluding hydrogens is 462 g/mol. The minimum Gasteiger partial charge on any atom is -0.328 e. The molecule has 5 rings (SSSR count). The minimum atomic E-state index is -0.345. The first-order valence-electron chi connectivity index (χ1n) is 11.0. The van der Waals surface area contributed by atoms with E-state index in [2.05, 4.69) is 42.7 Å². The second kappa shape index (κ2) is 9.48. The smallest absolute Gasteiger partial charge is 0.255 e. The van der Waals surface area contributed by atoms with Crippen LogP contribution >= 0.6 is 23.1 Å². The summed E-state index contributed by atoms with van der Waals surface area (Å²) >= 11 is 3.21. The summed E-state index contributed by atoms with van der Waals surface area (Å²) in [4.78, 5) is 19.2. The summed E-state index contributed by atoms with van der Waals surface area (Å²) in [7, 11) is 0. The predicted molar refractivity (Wildman–Crippen MR) is 139 cm³/mol. The Labute approximate surface area is 207 Å². The lowest BCUT2D eigenvalue weighted by Crippen LogP contribution is -2.31. The van der Waals surface area contributed by atoms with Crippen LogP contribution in [0.1, 0.15) is 34.5 Å². The number of carbonyl (C=O) groups excluding carboxylic acids is 1. The fourth-order valence-electron chi connectivity index (χ4n) is 4.01. The first-order valence-corrected chi connectivity index (χ1v) is 12.9. The Morgan fingerprint density at radius 1 is 1.12 bits per heavy atom. The van der Waals surface area contributed by atoms with E-state index < -0.39 is 0 Å². The number of allylic oxidation sites excluding steroid dienone is 1. The monoisotopic (exact) mass is 487 g/mol. The van der Waals surface area contributed by atoms with Gasteiger partial charge in [0.25, 0.3) is 5.91 Å². The van der Waals surface area contributed by atoms with E-state index in [4.69, 9.17) is 10.1 Å². The van der Waals surface area contributed by atoms with Gasteiger partial charge in [0, 0.05) is 22.0 Å². The van der Waals surface area contributed by atoms with Crippen molar-refractivity contribution in [2.75, 3.05) is 10.6 Å². The average molecular weight is 488 g/mol. The molecule has 1 aliphatic heterocycles. The molecule has 172 valence electrons. The molecular formula is C26H25N5OS2. The molecule has 0 saturated heterocycles. The van der Waals surface area contributed by atoms with Gasteiger partial charge >= 0.3 is 0 Å². The van der Waals surface area contributed by atoms with Crippen LogP contribution in [0.25, 0.3) is 0 Å². The van der Waals surface area contributed by atoms with Crippen molar-refractivity contribution in [3.8, 4) is 0 Å². The SMILES string of the molecule is CC1=C(C(=O)Nc2ccccc2)[C@@H](c2cccs2)n2nc(SCc3cc(C)ccc3C)nc2N1. The van der Waals surface area contributed by atoms with Crippen molar-refractivity contribution in [1.29, 1.82) is 0 Å². The largest absolute Gasteiger partial charge is 0.328 e. The summed E-state index contributed by atoms with van der Waals surface area (Å²) in [5.41, 5.74) is 5.94. The van der Waals surface area contributed by atoms with Crippen LogP contribution in [-0.2, 0) is 10.5 Å². The summed E-state index contributed by atoms with van der Waals surface area (Å²) in [6, 6.07) is 19.7. The molecule has 2 aromatic carbocycles. The van der Waals surface area contributed by atoms with Gasteiger partial charge in [-0.1, -0.05) is 59.8 Å². The zero-order valence-electron chi connectivity index (χ0n) is 19.2. The Hall–Kier alpha value is -3.36. The highest BCUT2D eigenvalue weighted by Gasteiger charge is 2.35. The molecule has 0 saturated carbocycles. The molecule has 0 radical (unpaired) electrons. The van der Waals surface area contributed by atoms with Crippen LogP contribution in [0.15, 0.2) is 82.5 Å². The van der Waals surface area contributed by atoms with Gasteiger partial charge in [0.2, 0.25) is 11.1 Å². The molecule has 2 N–H and O–H groups in total. The quantitative estimate of drug-likeness (QED) is 0.318. The van der Waals surface area contributed by atoms with E-state index in [1.54, 1.807) is 23.1 Å². The standard InChI is InChI=1S/C26H25N5OS2/c1-16-11-12-17(2)19(14-16)15-34-26-29-25-27-18(3)22(24(32)28-20-8-5-4-6-9-20)23(31(25)30-26)21-10-7-13-33-21/h4-14,23H,15H2,1-3H3,(H,28,32)(H,27,29,30)/t23-/m1/s1.